The van der Waals surface area contributed by atoms with E-state index < -0.39 is 0 Å². The number of amides is 1. The molecular formula is C12H11ClN4O. The van der Waals surface area contributed by atoms with E-state index in [2.05, 4.69) is 20.3 Å². The molecule has 5 nitrogen and oxygen atoms in total. The molecule has 0 radical (unpaired) electrons. The fraction of sp³-hybridized carbons (Fsp3) is 0.167. The van der Waals surface area contributed by atoms with E-state index in [4.69, 9.17) is 11.6 Å². The van der Waals surface area contributed by atoms with Crippen LogP contribution in [-0.2, 0) is 0 Å². The standard InChI is InChI=1S/C12H11ClN4O/c1-7-5-9(3-4-14-7)11(18)17-12-15-8(2)6-10(13)16-12/h3-6H,1-2H3,(H,15,16,17,18). The fourth-order valence-corrected chi connectivity index (χ4v) is 1.68. The van der Waals surface area contributed by atoms with Gasteiger partial charge in [-0.05, 0) is 32.0 Å². The highest BCUT2D eigenvalue weighted by atomic mass is 35.5. The maximum Gasteiger partial charge on any atom is 0.258 e. The number of carbonyl (C=O) groups excluding carboxylic acids is 1. The predicted octanol–water partition coefficient (Wildman–Crippen LogP) is 2.39. The van der Waals surface area contributed by atoms with Crippen LogP contribution < -0.4 is 5.32 Å². The molecule has 0 bridgehead atoms. The molecule has 0 spiro atoms. The van der Waals surface area contributed by atoms with E-state index in [1.165, 1.54) is 0 Å². The zero-order valence-corrected chi connectivity index (χ0v) is 10.7. The highest BCUT2D eigenvalue weighted by Gasteiger charge is 2.09. The summed E-state index contributed by atoms with van der Waals surface area (Å²) < 4.78 is 0. The third-order valence-corrected chi connectivity index (χ3v) is 2.40. The number of aromatic nitrogens is 3. The Labute approximate surface area is 109 Å². The van der Waals surface area contributed by atoms with Crippen LogP contribution in [0.15, 0.2) is 24.4 Å². The molecule has 0 unspecified atom stereocenters. The minimum Gasteiger partial charge on any atom is -0.290 e. The first-order valence-corrected chi connectivity index (χ1v) is 5.67. The Kier molecular flexibility index (Phi) is 3.53. The van der Waals surface area contributed by atoms with Crippen molar-refractivity contribution < 1.29 is 4.79 Å². The zero-order valence-electron chi connectivity index (χ0n) is 9.94. The number of rotatable bonds is 2. The van der Waals surface area contributed by atoms with Gasteiger partial charge in [0.15, 0.2) is 0 Å². The number of halogens is 1. The molecule has 1 N–H and O–H groups in total. The molecule has 0 aliphatic rings. The van der Waals surface area contributed by atoms with E-state index in [-0.39, 0.29) is 11.9 Å². The summed E-state index contributed by atoms with van der Waals surface area (Å²) in [4.78, 5) is 24.0. The molecule has 0 aromatic carbocycles. The van der Waals surface area contributed by atoms with Crippen molar-refractivity contribution in [3.05, 3.63) is 46.5 Å². The van der Waals surface area contributed by atoms with Gasteiger partial charge in [-0.2, -0.15) is 0 Å². The highest BCUT2D eigenvalue weighted by Crippen LogP contribution is 2.11. The van der Waals surface area contributed by atoms with Crippen molar-refractivity contribution in [1.29, 1.82) is 0 Å². The summed E-state index contributed by atoms with van der Waals surface area (Å²) in [6.45, 7) is 3.59. The Hall–Kier alpha value is -2.01. The molecule has 0 aliphatic carbocycles. The molecule has 18 heavy (non-hydrogen) atoms. The molecule has 0 fully saturated rings. The first-order valence-electron chi connectivity index (χ1n) is 5.30. The van der Waals surface area contributed by atoms with Gasteiger partial charge in [0.1, 0.15) is 5.15 Å². The van der Waals surface area contributed by atoms with Crippen LogP contribution in [0.2, 0.25) is 5.15 Å². The van der Waals surface area contributed by atoms with E-state index in [1.807, 2.05) is 6.92 Å². The van der Waals surface area contributed by atoms with E-state index in [1.54, 1.807) is 31.3 Å². The molecule has 92 valence electrons. The quantitative estimate of drug-likeness (QED) is 0.844. The second-order valence-electron chi connectivity index (χ2n) is 3.80. The van der Waals surface area contributed by atoms with Crippen LogP contribution in [0.3, 0.4) is 0 Å². The first-order chi connectivity index (χ1) is 8.54. The van der Waals surface area contributed by atoms with Crippen molar-refractivity contribution in [1.82, 2.24) is 15.0 Å². The Morgan fingerprint density at radius 2 is 2.00 bits per heavy atom. The van der Waals surface area contributed by atoms with Crippen molar-refractivity contribution in [2.75, 3.05) is 5.32 Å². The smallest absolute Gasteiger partial charge is 0.258 e. The highest BCUT2D eigenvalue weighted by molar-refractivity contribution is 6.29. The third-order valence-electron chi connectivity index (χ3n) is 2.21. The van der Waals surface area contributed by atoms with Crippen LogP contribution in [0.25, 0.3) is 0 Å². The number of hydrogen-bond acceptors (Lipinski definition) is 4. The van der Waals surface area contributed by atoms with Crippen LogP contribution in [-0.4, -0.2) is 20.9 Å². The van der Waals surface area contributed by atoms with E-state index in [0.717, 1.165) is 5.69 Å². The number of hydrogen-bond donors (Lipinski definition) is 1. The summed E-state index contributed by atoms with van der Waals surface area (Å²) in [6, 6.07) is 4.93. The lowest BCUT2D eigenvalue weighted by molar-refractivity contribution is 0.102. The lowest BCUT2D eigenvalue weighted by atomic mass is 10.2. The van der Waals surface area contributed by atoms with Gasteiger partial charge in [-0.1, -0.05) is 11.6 Å². The average molecular weight is 263 g/mol. The monoisotopic (exact) mass is 262 g/mol. The number of pyridine rings is 1. The van der Waals surface area contributed by atoms with Crippen molar-refractivity contribution in [3.8, 4) is 0 Å². The molecule has 2 heterocycles. The second-order valence-corrected chi connectivity index (χ2v) is 4.18. The normalized spacial score (nSPS) is 10.2. The van der Waals surface area contributed by atoms with Crippen molar-refractivity contribution in [2.24, 2.45) is 0 Å². The Morgan fingerprint density at radius 1 is 1.22 bits per heavy atom. The van der Waals surface area contributed by atoms with E-state index in [9.17, 15) is 4.79 Å². The fourth-order valence-electron chi connectivity index (χ4n) is 1.45. The minimum absolute atomic E-state index is 0.194. The van der Waals surface area contributed by atoms with Gasteiger partial charge in [0.05, 0.1) is 0 Å². The lowest BCUT2D eigenvalue weighted by Gasteiger charge is -2.05. The van der Waals surface area contributed by atoms with Crippen LogP contribution in [0.1, 0.15) is 21.7 Å². The largest absolute Gasteiger partial charge is 0.290 e. The zero-order chi connectivity index (χ0) is 13.1. The van der Waals surface area contributed by atoms with E-state index in [0.29, 0.717) is 16.4 Å². The van der Waals surface area contributed by atoms with Gasteiger partial charge in [-0.25, -0.2) is 9.97 Å². The number of nitrogens with one attached hydrogen (secondary N) is 1. The van der Waals surface area contributed by atoms with Gasteiger partial charge in [0, 0.05) is 23.1 Å². The Balaban J connectivity index is 2.21. The van der Waals surface area contributed by atoms with Gasteiger partial charge >= 0.3 is 0 Å². The summed E-state index contributed by atoms with van der Waals surface area (Å²) in [6.07, 6.45) is 1.58. The van der Waals surface area contributed by atoms with Crippen LogP contribution >= 0.6 is 11.6 Å². The summed E-state index contributed by atoms with van der Waals surface area (Å²) in [7, 11) is 0. The van der Waals surface area contributed by atoms with Crippen LogP contribution in [0, 0.1) is 13.8 Å². The Morgan fingerprint density at radius 3 is 2.67 bits per heavy atom. The van der Waals surface area contributed by atoms with Crippen molar-refractivity contribution in [3.63, 3.8) is 0 Å². The SMILES string of the molecule is Cc1cc(C(=O)Nc2nc(C)cc(Cl)n2)ccn1. The van der Waals surface area contributed by atoms with Gasteiger partial charge in [0.25, 0.3) is 5.91 Å². The van der Waals surface area contributed by atoms with E-state index >= 15 is 0 Å². The summed E-state index contributed by atoms with van der Waals surface area (Å²) in [5.74, 6) is -0.0957. The topological polar surface area (TPSA) is 67.8 Å². The molecule has 0 saturated carbocycles. The summed E-state index contributed by atoms with van der Waals surface area (Å²) in [5.41, 5.74) is 1.96. The number of anilines is 1. The number of nitrogens with zero attached hydrogens (tertiary/aromatic N) is 3. The summed E-state index contributed by atoms with van der Waals surface area (Å²) >= 11 is 5.79. The molecule has 2 aromatic heterocycles. The molecule has 0 atom stereocenters. The molecule has 1 amide bonds. The molecule has 0 saturated heterocycles. The van der Waals surface area contributed by atoms with Crippen molar-refractivity contribution in [2.45, 2.75) is 13.8 Å². The maximum atomic E-state index is 11.9. The van der Waals surface area contributed by atoms with Gasteiger partial charge in [0.2, 0.25) is 5.95 Å². The van der Waals surface area contributed by atoms with Crippen LogP contribution in [0.4, 0.5) is 5.95 Å². The minimum atomic E-state index is -0.290. The van der Waals surface area contributed by atoms with Crippen LogP contribution in [0.5, 0.6) is 0 Å². The van der Waals surface area contributed by atoms with Gasteiger partial charge < -0.3 is 0 Å². The first kappa shape index (κ1) is 12.4. The van der Waals surface area contributed by atoms with Gasteiger partial charge in [-0.15, -0.1) is 0 Å². The Bertz CT molecular complexity index is 580. The van der Waals surface area contributed by atoms with Gasteiger partial charge in [-0.3, -0.25) is 15.1 Å². The molecule has 6 heteroatoms. The number of aryl methyl sites for hydroxylation is 2. The van der Waals surface area contributed by atoms with Crippen molar-refractivity contribution >= 4 is 23.5 Å². The predicted molar refractivity (Wildman–Crippen MR) is 68.7 cm³/mol. The third kappa shape index (κ3) is 3.01. The summed E-state index contributed by atoms with van der Waals surface area (Å²) in [5, 5.41) is 2.89. The molecule has 0 aliphatic heterocycles. The molecule has 2 aromatic rings. The maximum absolute atomic E-state index is 11.9. The lowest BCUT2D eigenvalue weighted by Crippen LogP contribution is -2.14. The average Bonchev–Trinajstić information content (AvgIpc) is 2.27. The second kappa shape index (κ2) is 5.10. The number of carbonyl (C=O) groups is 1. The molecule has 2 rings (SSSR count). The molecular weight excluding hydrogens is 252 g/mol.